The topological polar surface area (TPSA) is 59.8 Å². The van der Waals surface area contributed by atoms with Crippen molar-refractivity contribution >= 4 is 11.0 Å². The maximum atomic E-state index is 12.7. The molecule has 2 atom stereocenters. The molecule has 0 bridgehead atoms. The van der Waals surface area contributed by atoms with Crippen molar-refractivity contribution in [3.8, 4) is 5.82 Å². The Labute approximate surface area is 147 Å². The summed E-state index contributed by atoms with van der Waals surface area (Å²) in [6.45, 7) is 9.20. The number of alkyl halides is 3. The van der Waals surface area contributed by atoms with E-state index in [2.05, 4.69) is 14.8 Å². The Morgan fingerprint density at radius 1 is 1.24 bits per heavy atom. The van der Waals surface area contributed by atoms with Crippen LogP contribution in [0.15, 0.2) is 24.7 Å². The van der Waals surface area contributed by atoms with Gasteiger partial charge in [-0.05, 0) is 51.8 Å². The Morgan fingerprint density at radius 3 is 2.36 bits per heavy atom. The molecule has 0 saturated carbocycles. The number of nitrogens with one attached hydrogen (secondary N) is 1. The second-order valence-corrected chi connectivity index (χ2v) is 8.80. The number of pyridine rings is 1. The van der Waals surface area contributed by atoms with Crippen molar-refractivity contribution in [1.29, 1.82) is 0 Å². The van der Waals surface area contributed by atoms with E-state index in [0.717, 1.165) is 22.6 Å². The van der Waals surface area contributed by atoms with Crippen molar-refractivity contribution in [2.24, 2.45) is 0 Å². The van der Waals surface area contributed by atoms with E-state index in [1.165, 1.54) is 0 Å². The molecule has 2 aromatic heterocycles. The van der Waals surface area contributed by atoms with Gasteiger partial charge in [-0.3, -0.25) is 0 Å². The fraction of sp³-hybridized carbons (Fsp3) is 0.500. The molecule has 0 spiro atoms. The summed E-state index contributed by atoms with van der Waals surface area (Å²) < 4.78 is 54.0. The molecule has 0 aliphatic carbocycles. The summed E-state index contributed by atoms with van der Waals surface area (Å²) in [7, 11) is -1.24. The van der Waals surface area contributed by atoms with Gasteiger partial charge in [-0.15, -0.1) is 0 Å². The number of nitrogens with zero attached hydrogens (tertiary/aromatic N) is 3. The molecule has 0 fully saturated rings. The van der Waals surface area contributed by atoms with Gasteiger partial charge in [0.15, 0.2) is 5.82 Å². The summed E-state index contributed by atoms with van der Waals surface area (Å²) >= 11 is 0. The van der Waals surface area contributed by atoms with E-state index in [4.69, 9.17) is 0 Å². The Kier molecular flexibility index (Phi) is 5.38. The first-order valence-electron chi connectivity index (χ1n) is 7.66. The fourth-order valence-electron chi connectivity index (χ4n) is 2.06. The molecule has 0 saturated heterocycles. The third kappa shape index (κ3) is 4.66. The van der Waals surface area contributed by atoms with Gasteiger partial charge in [0, 0.05) is 18.4 Å². The van der Waals surface area contributed by atoms with Gasteiger partial charge in [-0.1, -0.05) is 0 Å². The van der Waals surface area contributed by atoms with Crippen molar-refractivity contribution in [2.75, 3.05) is 0 Å². The highest BCUT2D eigenvalue weighted by molar-refractivity contribution is 7.84. The highest BCUT2D eigenvalue weighted by Crippen LogP contribution is 2.29. The normalized spacial score (nSPS) is 15.2. The third-order valence-corrected chi connectivity index (χ3v) is 5.22. The molecule has 0 aliphatic rings. The van der Waals surface area contributed by atoms with Gasteiger partial charge < -0.3 is 0 Å². The molecule has 2 aromatic rings. The van der Waals surface area contributed by atoms with Gasteiger partial charge in [0.05, 0.1) is 27.5 Å². The highest BCUT2D eigenvalue weighted by Gasteiger charge is 2.32. The lowest BCUT2D eigenvalue weighted by molar-refractivity contribution is -0.137. The maximum absolute atomic E-state index is 12.7. The summed E-state index contributed by atoms with van der Waals surface area (Å²) in [5.74, 6) is 0.323. The quantitative estimate of drug-likeness (QED) is 0.888. The third-order valence-electron chi connectivity index (χ3n) is 3.54. The van der Waals surface area contributed by atoms with Crippen molar-refractivity contribution < 1.29 is 17.4 Å². The van der Waals surface area contributed by atoms with Crippen LogP contribution < -0.4 is 4.72 Å². The molecular weight excluding hydrogens is 353 g/mol. The molecule has 1 N–H and O–H groups in total. The van der Waals surface area contributed by atoms with Gasteiger partial charge in [0.1, 0.15) is 0 Å². The lowest BCUT2D eigenvalue weighted by Gasteiger charge is -2.22. The first kappa shape index (κ1) is 19.6. The minimum atomic E-state index is -4.44. The van der Waals surface area contributed by atoms with Crippen molar-refractivity contribution in [2.45, 2.75) is 51.6 Å². The molecule has 1 unspecified atom stereocenters. The van der Waals surface area contributed by atoms with E-state index in [1.54, 1.807) is 19.2 Å². The van der Waals surface area contributed by atoms with Crippen LogP contribution in [0.1, 0.15) is 50.4 Å². The van der Waals surface area contributed by atoms with Crippen LogP contribution in [-0.2, 0) is 17.2 Å². The van der Waals surface area contributed by atoms with Crippen LogP contribution in [0.5, 0.6) is 0 Å². The standard InChI is InChI=1S/C16H21F3N4OS/c1-10-6-12(11(2)22-25(24)15(3,4)5)7-20-14(10)23-9-13(8-21-23)16(17,18)19/h6-9,11,22H,1-5H3/t11-,25?/m1/s1. The van der Waals surface area contributed by atoms with Gasteiger partial charge >= 0.3 is 6.18 Å². The number of aryl methyl sites for hydroxylation is 1. The van der Waals surface area contributed by atoms with Crippen LogP contribution in [0.25, 0.3) is 5.82 Å². The molecule has 25 heavy (non-hydrogen) atoms. The molecule has 0 radical (unpaired) electrons. The zero-order valence-corrected chi connectivity index (χ0v) is 15.5. The van der Waals surface area contributed by atoms with Gasteiger partial charge in [0.2, 0.25) is 0 Å². The number of halogens is 3. The van der Waals surface area contributed by atoms with Crippen LogP contribution in [0.4, 0.5) is 13.2 Å². The van der Waals surface area contributed by atoms with Gasteiger partial charge in [-0.2, -0.15) is 18.3 Å². The van der Waals surface area contributed by atoms with Crippen molar-refractivity contribution in [3.05, 3.63) is 41.3 Å². The van der Waals surface area contributed by atoms with Crippen LogP contribution >= 0.6 is 0 Å². The Hall–Kier alpha value is -1.74. The summed E-state index contributed by atoms with van der Waals surface area (Å²) in [6, 6.07) is 1.58. The van der Waals surface area contributed by atoms with Crippen LogP contribution in [0, 0.1) is 6.92 Å². The lowest BCUT2D eigenvalue weighted by Crippen LogP contribution is -2.34. The fourth-order valence-corrected chi connectivity index (χ4v) is 2.87. The van der Waals surface area contributed by atoms with E-state index in [1.807, 2.05) is 27.7 Å². The molecule has 0 aliphatic heterocycles. The predicted molar refractivity (Wildman–Crippen MR) is 90.5 cm³/mol. The molecular formula is C16H21F3N4OS. The maximum Gasteiger partial charge on any atom is 0.419 e. The Bertz CT molecular complexity index is 780. The van der Waals surface area contributed by atoms with Gasteiger partial charge in [0.25, 0.3) is 0 Å². The smallest absolute Gasteiger partial charge is 0.242 e. The molecule has 138 valence electrons. The van der Waals surface area contributed by atoms with Gasteiger partial charge in [-0.25, -0.2) is 18.6 Å². The van der Waals surface area contributed by atoms with Crippen LogP contribution in [0.3, 0.4) is 0 Å². The largest absolute Gasteiger partial charge is 0.419 e. The Morgan fingerprint density at radius 2 is 1.88 bits per heavy atom. The first-order valence-corrected chi connectivity index (χ1v) is 8.81. The molecule has 0 aromatic carbocycles. The minimum Gasteiger partial charge on any atom is -0.242 e. The second kappa shape index (κ2) is 6.87. The SMILES string of the molecule is Cc1cc([C@@H](C)NS(=O)C(C)(C)C)cnc1-n1cc(C(F)(F)F)cn1. The van der Waals surface area contributed by atoms with Crippen LogP contribution in [0.2, 0.25) is 0 Å². The lowest BCUT2D eigenvalue weighted by atomic mass is 10.1. The number of aromatic nitrogens is 3. The summed E-state index contributed by atoms with van der Waals surface area (Å²) in [5, 5.41) is 3.74. The van der Waals surface area contributed by atoms with E-state index < -0.39 is 27.5 Å². The minimum absolute atomic E-state index is 0.219. The zero-order valence-electron chi connectivity index (χ0n) is 14.7. The number of hydrogen-bond acceptors (Lipinski definition) is 3. The van der Waals surface area contributed by atoms with Crippen molar-refractivity contribution in [1.82, 2.24) is 19.5 Å². The van der Waals surface area contributed by atoms with Crippen LogP contribution in [-0.4, -0.2) is 23.7 Å². The number of rotatable bonds is 4. The monoisotopic (exact) mass is 374 g/mol. The molecule has 2 rings (SSSR count). The average molecular weight is 374 g/mol. The average Bonchev–Trinajstić information content (AvgIpc) is 2.95. The highest BCUT2D eigenvalue weighted by atomic mass is 32.2. The van der Waals surface area contributed by atoms with E-state index in [0.29, 0.717) is 11.4 Å². The van der Waals surface area contributed by atoms with E-state index in [-0.39, 0.29) is 6.04 Å². The first-order chi connectivity index (χ1) is 11.4. The Balaban J connectivity index is 2.23. The summed E-state index contributed by atoms with van der Waals surface area (Å²) in [4.78, 5) is 4.23. The molecule has 5 nitrogen and oxygen atoms in total. The molecule has 2 heterocycles. The molecule has 9 heteroatoms. The molecule has 0 amide bonds. The van der Waals surface area contributed by atoms with Crippen molar-refractivity contribution in [3.63, 3.8) is 0 Å². The summed E-state index contributed by atoms with van der Waals surface area (Å²) in [5.41, 5.74) is 0.639. The number of hydrogen-bond donors (Lipinski definition) is 1. The summed E-state index contributed by atoms with van der Waals surface area (Å²) in [6.07, 6.45) is -1.21. The van der Waals surface area contributed by atoms with E-state index in [9.17, 15) is 17.4 Å². The predicted octanol–water partition coefficient (Wildman–Crippen LogP) is 3.71. The second-order valence-electron chi connectivity index (χ2n) is 6.80. The van der Waals surface area contributed by atoms with E-state index >= 15 is 0 Å². The zero-order chi connectivity index (χ0) is 19.0.